The fraction of sp³-hybridized carbons (Fsp3) is 0.455. The minimum absolute atomic E-state index is 0.0574. The number of rotatable bonds is 5. The molecule has 0 heterocycles. The van der Waals surface area contributed by atoms with E-state index in [2.05, 4.69) is 31.9 Å². The molecule has 0 rings (SSSR count). The summed E-state index contributed by atoms with van der Waals surface area (Å²) in [5.74, 6) is -0.846. The Hall–Kier alpha value is -0.620. The van der Waals surface area contributed by atoms with Gasteiger partial charge in [-0.2, -0.15) is 0 Å². The van der Waals surface area contributed by atoms with E-state index >= 15 is 0 Å². The van der Waals surface area contributed by atoms with Crippen molar-refractivity contribution in [1.82, 2.24) is 4.90 Å². The van der Waals surface area contributed by atoms with E-state index in [-0.39, 0.29) is 5.91 Å². The zero-order chi connectivity index (χ0) is 13.7. The van der Waals surface area contributed by atoms with Crippen LogP contribution in [0.3, 0.4) is 0 Å². The summed E-state index contributed by atoms with van der Waals surface area (Å²) in [6, 6.07) is 0. The first-order valence-electron chi connectivity index (χ1n) is 4.92. The van der Waals surface area contributed by atoms with E-state index in [4.69, 9.17) is 5.11 Å². The Morgan fingerprint density at radius 3 is 1.94 bits per heavy atom. The lowest BCUT2D eigenvalue weighted by molar-refractivity contribution is -0.131. The Kier molecular flexibility index (Phi) is 14.8. The Balaban J connectivity index is 0. The number of carboxylic acids is 1. The molecular weight excluding hydrogens is 354 g/mol. The number of allylic oxidation sites excluding steroid dienone is 2. The van der Waals surface area contributed by atoms with Gasteiger partial charge in [0.25, 0.3) is 0 Å². The summed E-state index contributed by atoms with van der Waals surface area (Å²) in [5.41, 5.74) is 0. The van der Waals surface area contributed by atoms with Crippen LogP contribution in [0.1, 0.15) is 6.92 Å². The lowest BCUT2D eigenvalue weighted by atomic mass is 10.4. The maximum atomic E-state index is 11.0. The van der Waals surface area contributed by atoms with Crippen LogP contribution >= 0.6 is 31.9 Å². The van der Waals surface area contributed by atoms with Gasteiger partial charge in [0.05, 0.1) is 0 Å². The molecule has 0 aromatic rings. The highest BCUT2D eigenvalue weighted by Gasteiger charge is 1.98. The van der Waals surface area contributed by atoms with Crippen molar-refractivity contribution in [3.8, 4) is 0 Å². The molecule has 0 fully saturated rings. The van der Waals surface area contributed by atoms with Crippen LogP contribution in [-0.4, -0.2) is 46.1 Å². The zero-order valence-corrected chi connectivity index (χ0v) is 13.1. The fourth-order valence-corrected chi connectivity index (χ4v) is 0.948. The van der Waals surface area contributed by atoms with E-state index < -0.39 is 5.97 Å². The third-order valence-electron chi connectivity index (χ3n) is 1.55. The average Bonchev–Trinajstić information content (AvgIpc) is 2.32. The monoisotopic (exact) mass is 369 g/mol. The zero-order valence-electron chi connectivity index (χ0n) is 9.90. The van der Waals surface area contributed by atoms with Crippen LogP contribution < -0.4 is 0 Å². The van der Waals surface area contributed by atoms with Gasteiger partial charge in [-0.3, -0.25) is 4.79 Å². The first-order valence-corrected chi connectivity index (χ1v) is 7.16. The maximum absolute atomic E-state index is 11.0. The van der Waals surface area contributed by atoms with Crippen LogP contribution in [0.25, 0.3) is 0 Å². The van der Waals surface area contributed by atoms with Crippen LogP contribution in [-0.2, 0) is 9.59 Å². The number of likely N-dealkylation sites (N-methyl/N-ethyl adjacent to an activating group) is 1. The smallest absolute Gasteiger partial charge is 0.328 e. The second-order valence-corrected chi connectivity index (χ2v) is 4.10. The molecule has 0 aliphatic rings. The number of carbonyl (C=O) groups excluding carboxylic acids is 1. The summed E-state index contributed by atoms with van der Waals surface area (Å²) < 4.78 is 0. The molecule has 4 nitrogen and oxygen atoms in total. The lowest BCUT2D eigenvalue weighted by Gasteiger charge is -2.10. The van der Waals surface area contributed by atoms with Gasteiger partial charge in [-0.25, -0.2) is 4.79 Å². The van der Waals surface area contributed by atoms with Gasteiger partial charge in [-0.1, -0.05) is 44.0 Å². The SMILES string of the molecule is CCN(C)C(=O)/C=C/CBr.O=C(O)/C=C/CBr. The van der Waals surface area contributed by atoms with Crippen LogP contribution in [0, 0.1) is 0 Å². The molecule has 0 aliphatic heterocycles. The van der Waals surface area contributed by atoms with Gasteiger partial charge in [-0.05, 0) is 13.0 Å². The van der Waals surface area contributed by atoms with E-state index in [0.717, 1.165) is 18.0 Å². The van der Waals surface area contributed by atoms with Crippen LogP contribution in [0.4, 0.5) is 0 Å². The van der Waals surface area contributed by atoms with E-state index in [1.807, 2.05) is 6.92 Å². The first-order chi connectivity index (χ1) is 7.99. The Morgan fingerprint density at radius 2 is 1.65 bits per heavy atom. The largest absolute Gasteiger partial charge is 0.478 e. The first kappa shape index (κ1) is 18.7. The van der Waals surface area contributed by atoms with E-state index in [9.17, 15) is 9.59 Å². The molecule has 0 aromatic heterocycles. The maximum Gasteiger partial charge on any atom is 0.328 e. The molecule has 0 saturated carbocycles. The number of hydrogen-bond acceptors (Lipinski definition) is 2. The van der Waals surface area contributed by atoms with Gasteiger partial charge in [0.1, 0.15) is 0 Å². The van der Waals surface area contributed by atoms with E-state index in [1.54, 1.807) is 24.1 Å². The molecule has 0 radical (unpaired) electrons. The molecule has 0 saturated heterocycles. The number of amides is 1. The van der Waals surface area contributed by atoms with Crippen LogP contribution in [0.15, 0.2) is 24.3 Å². The van der Waals surface area contributed by atoms with Gasteiger partial charge < -0.3 is 10.0 Å². The van der Waals surface area contributed by atoms with Gasteiger partial charge in [0.2, 0.25) is 5.91 Å². The van der Waals surface area contributed by atoms with Crippen molar-refractivity contribution in [2.75, 3.05) is 24.3 Å². The Bertz CT molecular complexity index is 278. The van der Waals surface area contributed by atoms with Crippen LogP contribution in [0.5, 0.6) is 0 Å². The topological polar surface area (TPSA) is 57.6 Å². The predicted molar refractivity (Wildman–Crippen MR) is 76.8 cm³/mol. The summed E-state index contributed by atoms with van der Waals surface area (Å²) in [6.07, 6.45) is 5.96. The summed E-state index contributed by atoms with van der Waals surface area (Å²) >= 11 is 6.22. The summed E-state index contributed by atoms with van der Waals surface area (Å²) in [4.78, 5) is 22.3. The molecule has 6 heteroatoms. The quantitative estimate of drug-likeness (QED) is 0.597. The van der Waals surface area contributed by atoms with Crippen molar-refractivity contribution in [2.24, 2.45) is 0 Å². The Morgan fingerprint density at radius 1 is 1.18 bits per heavy atom. The standard InChI is InChI=1S/C7H12BrNO.C4H5BrO2/c1-3-9(2)7(10)5-4-6-8;5-3-1-2-4(6)7/h4-5H,3,6H2,1-2H3;1-2H,3H2,(H,6,7)/b5-4+;2-1+. The molecule has 0 aliphatic carbocycles. The number of carbonyl (C=O) groups is 2. The van der Waals surface area contributed by atoms with Gasteiger partial charge in [0.15, 0.2) is 0 Å². The summed E-state index contributed by atoms with van der Waals surface area (Å²) in [7, 11) is 1.78. The minimum atomic E-state index is -0.903. The van der Waals surface area contributed by atoms with Crippen molar-refractivity contribution in [1.29, 1.82) is 0 Å². The third kappa shape index (κ3) is 15.4. The van der Waals surface area contributed by atoms with Gasteiger partial charge in [-0.15, -0.1) is 0 Å². The van der Waals surface area contributed by atoms with Crippen LogP contribution in [0.2, 0.25) is 0 Å². The average molecular weight is 371 g/mol. The number of aliphatic carboxylic acids is 1. The number of nitrogens with zero attached hydrogens (tertiary/aromatic N) is 1. The second kappa shape index (κ2) is 13.4. The third-order valence-corrected chi connectivity index (χ3v) is 2.30. The fourth-order valence-electron chi connectivity index (χ4n) is 0.574. The predicted octanol–water partition coefficient (Wildman–Crippen LogP) is 2.44. The summed E-state index contributed by atoms with van der Waals surface area (Å²) in [5, 5.41) is 9.27. The van der Waals surface area contributed by atoms with E-state index in [1.165, 1.54) is 6.08 Å². The Labute approximate surface area is 119 Å². The van der Waals surface area contributed by atoms with Gasteiger partial charge in [0, 0.05) is 30.3 Å². The highest BCUT2D eigenvalue weighted by molar-refractivity contribution is 9.09. The number of halogens is 2. The minimum Gasteiger partial charge on any atom is -0.478 e. The highest BCUT2D eigenvalue weighted by Crippen LogP contribution is 1.87. The van der Waals surface area contributed by atoms with Crippen molar-refractivity contribution < 1.29 is 14.7 Å². The van der Waals surface area contributed by atoms with Crippen molar-refractivity contribution >= 4 is 43.7 Å². The molecule has 0 atom stereocenters. The molecule has 98 valence electrons. The molecule has 1 amide bonds. The normalized spacial score (nSPS) is 10.1. The molecule has 0 spiro atoms. The van der Waals surface area contributed by atoms with Crippen molar-refractivity contribution in [2.45, 2.75) is 6.92 Å². The number of carboxylic acid groups (broad SMARTS) is 1. The lowest BCUT2D eigenvalue weighted by Crippen LogP contribution is -2.23. The molecule has 0 bridgehead atoms. The second-order valence-electron chi connectivity index (χ2n) is 2.80. The number of hydrogen-bond donors (Lipinski definition) is 1. The van der Waals surface area contributed by atoms with Gasteiger partial charge >= 0.3 is 5.97 Å². The summed E-state index contributed by atoms with van der Waals surface area (Å²) in [6.45, 7) is 2.70. The number of alkyl halides is 2. The molecule has 0 aromatic carbocycles. The molecule has 17 heavy (non-hydrogen) atoms. The molecular formula is C11H17Br2NO3. The van der Waals surface area contributed by atoms with Crippen molar-refractivity contribution in [3.63, 3.8) is 0 Å². The highest BCUT2D eigenvalue weighted by atomic mass is 79.9. The van der Waals surface area contributed by atoms with Crippen molar-refractivity contribution in [3.05, 3.63) is 24.3 Å². The molecule has 1 N–H and O–H groups in total. The van der Waals surface area contributed by atoms with E-state index in [0.29, 0.717) is 5.33 Å². The molecule has 0 unspecified atom stereocenters.